The summed E-state index contributed by atoms with van der Waals surface area (Å²) in [5.74, 6) is 0.177. The van der Waals surface area contributed by atoms with Crippen molar-refractivity contribution in [1.82, 2.24) is 9.88 Å². The van der Waals surface area contributed by atoms with Gasteiger partial charge in [0.05, 0.1) is 11.8 Å². The van der Waals surface area contributed by atoms with Crippen LogP contribution in [0.3, 0.4) is 0 Å². The number of pyridine rings is 1. The lowest BCUT2D eigenvalue weighted by Crippen LogP contribution is -2.37. The first kappa shape index (κ1) is 16.5. The second-order valence-corrected chi connectivity index (χ2v) is 6.35. The number of hydrogen-bond donors (Lipinski definition) is 2. The first-order valence-corrected chi connectivity index (χ1v) is 8.35. The molecule has 3 rings (SSSR count). The normalized spacial score (nSPS) is 19.9. The van der Waals surface area contributed by atoms with Gasteiger partial charge in [-0.15, -0.1) is 0 Å². The molecule has 126 valence electrons. The molecule has 1 aromatic heterocycles. The maximum Gasteiger partial charge on any atom is 0.321 e. The van der Waals surface area contributed by atoms with E-state index >= 15 is 0 Å². The van der Waals surface area contributed by atoms with Gasteiger partial charge in [-0.1, -0.05) is 24.6 Å². The largest absolute Gasteiger partial charge is 0.393 e. The second-order valence-electron chi connectivity index (χ2n) is 6.35. The molecule has 2 unspecified atom stereocenters. The molecule has 0 spiro atoms. The lowest BCUT2D eigenvalue weighted by atomic mass is 10.0. The van der Waals surface area contributed by atoms with Gasteiger partial charge >= 0.3 is 6.03 Å². The number of aromatic nitrogens is 1. The number of para-hydroxylation sites is 1. The summed E-state index contributed by atoms with van der Waals surface area (Å²) in [4.78, 5) is 18.2. The molecule has 0 bridgehead atoms. The van der Waals surface area contributed by atoms with Crippen molar-refractivity contribution >= 4 is 11.7 Å². The summed E-state index contributed by atoms with van der Waals surface area (Å²) in [7, 11) is 1.77. The molecular formula is C19H23N3O2. The van der Waals surface area contributed by atoms with Crippen molar-refractivity contribution in [1.29, 1.82) is 0 Å². The number of amides is 2. The molecule has 1 fully saturated rings. The van der Waals surface area contributed by atoms with Crippen LogP contribution in [0.2, 0.25) is 0 Å². The fourth-order valence-electron chi connectivity index (χ4n) is 3.25. The summed E-state index contributed by atoms with van der Waals surface area (Å²) in [5, 5.41) is 12.9. The lowest BCUT2D eigenvalue weighted by molar-refractivity contribution is 0.116. The average Bonchev–Trinajstić information content (AvgIpc) is 3.01. The minimum absolute atomic E-state index is 0.157. The highest BCUT2D eigenvalue weighted by molar-refractivity contribution is 5.94. The third kappa shape index (κ3) is 3.74. The zero-order valence-corrected chi connectivity index (χ0v) is 13.9. The zero-order chi connectivity index (χ0) is 16.9. The van der Waals surface area contributed by atoms with Gasteiger partial charge in [-0.3, -0.25) is 4.98 Å². The summed E-state index contributed by atoms with van der Waals surface area (Å²) < 4.78 is 0. The van der Waals surface area contributed by atoms with E-state index in [0.29, 0.717) is 6.54 Å². The summed E-state index contributed by atoms with van der Waals surface area (Å²) in [6, 6.07) is 11.4. The number of nitrogens with zero attached hydrogens (tertiary/aromatic N) is 2. The van der Waals surface area contributed by atoms with Gasteiger partial charge in [-0.05, 0) is 36.6 Å². The van der Waals surface area contributed by atoms with E-state index in [9.17, 15) is 9.90 Å². The third-order valence-corrected chi connectivity index (χ3v) is 4.63. The summed E-state index contributed by atoms with van der Waals surface area (Å²) in [5.41, 5.74) is 2.74. The van der Waals surface area contributed by atoms with Crippen molar-refractivity contribution in [3.8, 4) is 11.1 Å². The fourth-order valence-corrected chi connectivity index (χ4v) is 3.25. The Bertz CT molecular complexity index is 690. The summed E-state index contributed by atoms with van der Waals surface area (Å²) >= 11 is 0. The van der Waals surface area contributed by atoms with Gasteiger partial charge in [0.25, 0.3) is 0 Å². The van der Waals surface area contributed by atoms with E-state index in [2.05, 4.69) is 10.3 Å². The Morgan fingerprint density at radius 1 is 1.25 bits per heavy atom. The number of aliphatic hydroxyl groups is 1. The highest BCUT2D eigenvalue weighted by Gasteiger charge is 2.27. The van der Waals surface area contributed by atoms with Gasteiger partial charge in [0.15, 0.2) is 0 Å². The molecule has 24 heavy (non-hydrogen) atoms. The average molecular weight is 325 g/mol. The van der Waals surface area contributed by atoms with E-state index < -0.39 is 0 Å². The van der Waals surface area contributed by atoms with Gasteiger partial charge in [-0.25, -0.2) is 4.79 Å². The Morgan fingerprint density at radius 2 is 2.00 bits per heavy atom. The molecule has 1 aromatic carbocycles. The molecule has 1 aliphatic carbocycles. The number of rotatable bonds is 4. The molecule has 1 aliphatic rings. The van der Waals surface area contributed by atoms with Crippen LogP contribution in [0.1, 0.15) is 19.3 Å². The van der Waals surface area contributed by atoms with Gasteiger partial charge in [0, 0.05) is 37.5 Å². The maximum atomic E-state index is 12.5. The quantitative estimate of drug-likeness (QED) is 0.906. The number of aliphatic hydroxyl groups excluding tert-OH is 1. The van der Waals surface area contributed by atoms with Crippen molar-refractivity contribution in [3.05, 3.63) is 48.8 Å². The molecular weight excluding hydrogens is 302 g/mol. The van der Waals surface area contributed by atoms with E-state index in [1.807, 2.05) is 36.4 Å². The first-order valence-electron chi connectivity index (χ1n) is 8.35. The highest BCUT2D eigenvalue weighted by Crippen LogP contribution is 2.28. The molecule has 2 N–H and O–H groups in total. The molecule has 2 amide bonds. The van der Waals surface area contributed by atoms with Crippen LogP contribution >= 0.6 is 0 Å². The van der Waals surface area contributed by atoms with Crippen LogP contribution in [0, 0.1) is 5.92 Å². The number of hydrogen-bond acceptors (Lipinski definition) is 3. The standard InChI is InChI=1S/C19H23N3O2/c1-22(13-15-5-4-8-18(15)23)19(24)21-17-7-3-2-6-16(17)14-9-11-20-12-10-14/h2-3,6-7,9-12,15,18,23H,4-5,8,13H2,1H3,(H,21,24). The first-order chi connectivity index (χ1) is 11.6. The number of benzene rings is 1. The third-order valence-electron chi connectivity index (χ3n) is 4.63. The zero-order valence-electron chi connectivity index (χ0n) is 13.9. The van der Waals surface area contributed by atoms with Gasteiger partial charge in [-0.2, -0.15) is 0 Å². The molecule has 2 atom stereocenters. The van der Waals surface area contributed by atoms with Crippen LogP contribution in [0.25, 0.3) is 11.1 Å². The predicted octanol–water partition coefficient (Wildman–Crippen LogP) is 3.37. The molecule has 5 heteroatoms. The smallest absolute Gasteiger partial charge is 0.321 e. The van der Waals surface area contributed by atoms with Crippen LogP contribution in [0.5, 0.6) is 0 Å². The second kappa shape index (κ2) is 7.45. The van der Waals surface area contributed by atoms with Crippen LogP contribution < -0.4 is 5.32 Å². The van der Waals surface area contributed by atoms with E-state index in [0.717, 1.165) is 36.1 Å². The minimum Gasteiger partial charge on any atom is -0.393 e. The van der Waals surface area contributed by atoms with Crippen LogP contribution in [0.4, 0.5) is 10.5 Å². The van der Waals surface area contributed by atoms with E-state index in [1.165, 1.54) is 0 Å². The van der Waals surface area contributed by atoms with Gasteiger partial charge in [0.1, 0.15) is 0 Å². The van der Waals surface area contributed by atoms with Crippen molar-refractivity contribution in [2.75, 3.05) is 18.9 Å². The Balaban J connectivity index is 1.70. The molecule has 0 aliphatic heterocycles. The Morgan fingerprint density at radius 3 is 2.71 bits per heavy atom. The molecule has 1 heterocycles. The van der Waals surface area contributed by atoms with Crippen molar-refractivity contribution in [3.63, 3.8) is 0 Å². The van der Waals surface area contributed by atoms with E-state index in [-0.39, 0.29) is 18.1 Å². The monoisotopic (exact) mass is 325 g/mol. The topological polar surface area (TPSA) is 65.5 Å². The number of carbonyl (C=O) groups is 1. The number of anilines is 1. The molecule has 1 saturated carbocycles. The summed E-state index contributed by atoms with van der Waals surface area (Å²) in [6.07, 6.45) is 6.04. The molecule has 5 nitrogen and oxygen atoms in total. The van der Waals surface area contributed by atoms with Crippen LogP contribution in [-0.4, -0.2) is 40.7 Å². The minimum atomic E-state index is -0.288. The number of urea groups is 1. The SMILES string of the molecule is CN(CC1CCCC1O)C(=O)Nc1ccccc1-c1ccncc1. The Kier molecular flexibility index (Phi) is 5.11. The van der Waals surface area contributed by atoms with E-state index in [4.69, 9.17) is 0 Å². The lowest BCUT2D eigenvalue weighted by Gasteiger charge is -2.24. The van der Waals surface area contributed by atoms with E-state index in [1.54, 1.807) is 24.3 Å². The molecule has 0 radical (unpaired) electrons. The maximum absolute atomic E-state index is 12.5. The number of carbonyl (C=O) groups excluding carboxylic acids is 1. The van der Waals surface area contributed by atoms with Crippen molar-refractivity contribution in [2.24, 2.45) is 5.92 Å². The van der Waals surface area contributed by atoms with Crippen LogP contribution in [0.15, 0.2) is 48.8 Å². The van der Waals surface area contributed by atoms with Gasteiger partial charge in [0.2, 0.25) is 0 Å². The van der Waals surface area contributed by atoms with Crippen molar-refractivity contribution in [2.45, 2.75) is 25.4 Å². The Labute approximate surface area is 142 Å². The fraction of sp³-hybridized carbons (Fsp3) is 0.368. The Hall–Kier alpha value is -2.40. The summed E-state index contributed by atoms with van der Waals surface area (Å²) in [6.45, 7) is 0.574. The highest BCUT2D eigenvalue weighted by atomic mass is 16.3. The number of nitrogens with one attached hydrogen (secondary N) is 1. The van der Waals surface area contributed by atoms with Gasteiger partial charge < -0.3 is 15.3 Å². The van der Waals surface area contributed by atoms with Crippen molar-refractivity contribution < 1.29 is 9.90 Å². The molecule has 2 aromatic rings. The predicted molar refractivity (Wildman–Crippen MR) is 94.7 cm³/mol. The molecule has 0 saturated heterocycles. The van der Waals surface area contributed by atoms with Crippen LogP contribution in [-0.2, 0) is 0 Å².